The van der Waals surface area contributed by atoms with Crippen molar-refractivity contribution >= 4 is 58.1 Å². The Morgan fingerprint density at radius 3 is 2.13 bits per heavy atom. The third-order valence-electron chi connectivity index (χ3n) is 5.12. The third kappa shape index (κ3) is 7.31. The summed E-state index contributed by atoms with van der Waals surface area (Å²) < 4.78 is 97.5. The van der Waals surface area contributed by atoms with Crippen molar-refractivity contribution in [1.29, 1.82) is 0 Å². The van der Waals surface area contributed by atoms with Gasteiger partial charge in [-0.25, -0.2) is 9.37 Å². The van der Waals surface area contributed by atoms with Gasteiger partial charge in [-0.05, 0) is 53.6 Å². The Bertz CT molecular complexity index is 1370. The van der Waals surface area contributed by atoms with Crippen molar-refractivity contribution in [1.82, 2.24) is 10.3 Å². The zero-order valence-electron chi connectivity index (χ0n) is 18.5. The summed E-state index contributed by atoms with van der Waals surface area (Å²) in [4.78, 5) is 16.2. The van der Waals surface area contributed by atoms with Gasteiger partial charge in [0, 0.05) is 18.3 Å². The molecule has 0 aliphatic carbocycles. The molecular formula is C24H13Cl4F7N2O. The number of halogens is 11. The second kappa shape index (κ2) is 11.7. The highest BCUT2D eigenvalue weighted by Crippen LogP contribution is 2.42. The second-order valence-electron chi connectivity index (χ2n) is 7.76. The van der Waals surface area contributed by atoms with Crippen LogP contribution < -0.4 is 5.32 Å². The van der Waals surface area contributed by atoms with Gasteiger partial charge in [-0.1, -0.05) is 52.5 Å². The summed E-state index contributed by atoms with van der Waals surface area (Å²) >= 11 is 23.1. The number of hydrogen-bond donors (Lipinski definition) is 1. The van der Waals surface area contributed by atoms with Crippen LogP contribution in [0.4, 0.5) is 30.7 Å². The number of carbonyl (C=O) groups is 1. The van der Waals surface area contributed by atoms with Crippen LogP contribution in [-0.4, -0.2) is 17.1 Å². The van der Waals surface area contributed by atoms with E-state index in [-0.39, 0.29) is 38.9 Å². The molecule has 2 aromatic carbocycles. The van der Waals surface area contributed by atoms with Crippen LogP contribution in [0, 0.1) is 0 Å². The summed E-state index contributed by atoms with van der Waals surface area (Å²) in [5.41, 5.74) is -3.40. The van der Waals surface area contributed by atoms with Crippen molar-refractivity contribution in [3.63, 3.8) is 0 Å². The first-order valence-electron chi connectivity index (χ1n) is 10.3. The molecule has 3 nitrogen and oxygen atoms in total. The number of nitrogens with one attached hydrogen (secondary N) is 1. The number of carbonyl (C=O) groups excluding carboxylic acids is 1. The normalized spacial score (nSPS) is 13.4. The molecule has 1 atom stereocenters. The second-order valence-corrected chi connectivity index (χ2v) is 9.34. The van der Waals surface area contributed by atoms with Crippen LogP contribution in [0.15, 0.2) is 54.7 Å². The van der Waals surface area contributed by atoms with Crippen molar-refractivity contribution in [3.05, 3.63) is 103 Å². The van der Waals surface area contributed by atoms with E-state index >= 15 is 0 Å². The molecule has 1 aromatic heterocycles. The van der Waals surface area contributed by atoms with E-state index in [0.29, 0.717) is 11.6 Å². The van der Waals surface area contributed by atoms with E-state index in [1.807, 2.05) is 0 Å². The molecule has 1 amide bonds. The Labute approximate surface area is 231 Å². The minimum Gasteiger partial charge on any atom is -0.348 e. The first-order chi connectivity index (χ1) is 17.6. The fraction of sp³-hybridized carbons (Fsp3) is 0.167. The summed E-state index contributed by atoms with van der Waals surface area (Å²) in [5, 5.41) is 1.48. The monoisotopic (exact) mass is 618 g/mol. The van der Waals surface area contributed by atoms with Gasteiger partial charge >= 0.3 is 12.4 Å². The molecule has 3 rings (SSSR count). The minimum absolute atomic E-state index is 0.0817. The average molecular weight is 620 g/mol. The molecule has 1 unspecified atom stereocenters. The molecule has 0 spiro atoms. The van der Waals surface area contributed by atoms with E-state index in [1.54, 1.807) is 0 Å². The van der Waals surface area contributed by atoms with Gasteiger partial charge in [0.25, 0.3) is 5.91 Å². The summed E-state index contributed by atoms with van der Waals surface area (Å²) in [7, 11) is 0. The van der Waals surface area contributed by atoms with Crippen LogP contribution in [0.2, 0.25) is 20.2 Å². The van der Waals surface area contributed by atoms with Gasteiger partial charge in [-0.15, -0.1) is 0 Å². The maximum atomic E-state index is 15.0. The lowest BCUT2D eigenvalue weighted by atomic mass is 9.95. The van der Waals surface area contributed by atoms with Gasteiger partial charge in [-0.2, -0.15) is 26.3 Å². The van der Waals surface area contributed by atoms with Gasteiger partial charge in [0.1, 0.15) is 16.9 Å². The summed E-state index contributed by atoms with van der Waals surface area (Å²) in [6.07, 6.45) is -8.79. The standard InChI is InChI=1S/C24H13Cl4F7N2O/c25-17-7-13(8-18(26)21(17)28)15(23(30,31)32)9-19(29)12-1-2-14(16(6-12)24(33,34)35)22(38)37-10-11-3-4-36-20(27)5-11/h1-9,15H,10H2,(H,37,38). The number of alkyl halides is 6. The molecule has 0 aliphatic heterocycles. The Hall–Kier alpha value is -2.53. The fourth-order valence-electron chi connectivity index (χ4n) is 3.33. The molecule has 0 bridgehead atoms. The highest BCUT2D eigenvalue weighted by atomic mass is 35.5. The highest BCUT2D eigenvalue weighted by Gasteiger charge is 2.41. The Kier molecular flexibility index (Phi) is 9.24. The first-order valence-corrected chi connectivity index (χ1v) is 11.8. The minimum atomic E-state index is -5.14. The smallest absolute Gasteiger partial charge is 0.348 e. The zero-order chi connectivity index (χ0) is 28.4. The first kappa shape index (κ1) is 30.0. The predicted octanol–water partition coefficient (Wildman–Crippen LogP) is 9.30. The fourth-order valence-corrected chi connectivity index (χ4v) is 4.14. The summed E-state index contributed by atoms with van der Waals surface area (Å²) in [5.74, 6) is -5.41. The average Bonchev–Trinajstić information content (AvgIpc) is 2.82. The SMILES string of the molecule is O=C(NCc1ccnc(Cl)c1)c1ccc(C(F)=CC(c2cc(Cl)c(Cl)c(Cl)c2)C(F)(F)F)cc1C(F)(F)F. The van der Waals surface area contributed by atoms with E-state index in [4.69, 9.17) is 46.4 Å². The molecule has 14 heteroatoms. The molecule has 1 N–H and O–H groups in total. The maximum absolute atomic E-state index is 15.0. The van der Waals surface area contributed by atoms with Crippen LogP contribution in [0.5, 0.6) is 0 Å². The molecule has 0 aliphatic rings. The number of allylic oxidation sites excluding steroid dienone is 1. The lowest BCUT2D eigenvalue weighted by Crippen LogP contribution is -2.26. The van der Waals surface area contributed by atoms with E-state index in [1.165, 1.54) is 18.3 Å². The zero-order valence-corrected chi connectivity index (χ0v) is 21.5. The van der Waals surface area contributed by atoms with Gasteiger partial charge in [0.2, 0.25) is 0 Å². The number of rotatable bonds is 6. The van der Waals surface area contributed by atoms with E-state index in [9.17, 15) is 35.5 Å². The Balaban J connectivity index is 1.98. The van der Waals surface area contributed by atoms with E-state index < -0.39 is 52.3 Å². The predicted molar refractivity (Wildman–Crippen MR) is 131 cm³/mol. The number of pyridine rings is 1. The Morgan fingerprint density at radius 2 is 1.58 bits per heavy atom. The van der Waals surface area contributed by atoms with E-state index in [2.05, 4.69) is 10.3 Å². The summed E-state index contributed by atoms with van der Waals surface area (Å²) in [6.45, 7) is -0.201. The van der Waals surface area contributed by atoms with Crippen molar-refractivity contribution in [2.45, 2.75) is 24.8 Å². The molecule has 202 valence electrons. The largest absolute Gasteiger partial charge is 0.417 e. The molecule has 0 saturated carbocycles. The van der Waals surface area contributed by atoms with Crippen LogP contribution in [-0.2, 0) is 12.7 Å². The number of hydrogen-bond acceptors (Lipinski definition) is 2. The van der Waals surface area contributed by atoms with Crippen molar-refractivity contribution in [2.75, 3.05) is 0 Å². The molecule has 0 radical (unpaired) electrons. The van der Waals surface area contributed by atoms with Crippen molar-refractivity contribution < 1.29 is 35.5 Å². The molecule has 0 fully saturated rings. The Morgan fingerprint density at radius 1 is 0.947 bits per heavy atom. The molecule has 1 heterocycles. The number of nitrogens with zero attached hydrogens (tertiary/aromatic N) is 1. The number of aromatic nitrogens is 1. The lowest BCUT2D eigenvalue weighted by molar-refractivity contribution is -0.140. The molecule has 3 aromatic rings. The van der Waals surface area contributed by atoms with Crippen LogP contribution in [0.1, 0.15) is 38.5 Å². The van der Waals surface area contributed by atoms with Crippen molar-refractivity contribution in [2.24, 2.45) is 0 Å². The third-order valence-corrected chi connectivity index (χ3v) is 6.52. The number of amides is 1. The van der Waals surface area contributed by atoms with Crippen LogP contribution in [0.25, 0.3) is 5.83 Å². The van der Waals surface area contributed by atoms with Gasteiger partial charge in [0.15, 0.2) is 0 Å². The molecule has 0 saturated heterocycles. The topological polar surface area (TPSA) is 42.0 Å². The highest BCUT2D eigenvalue weighted by molar-refractivity contribution is 6.48. The summed E-state index contributed by atoms with van der Waals surface area (Å²) in [6, 6.07) is 6.17. The van der Waals surface area contributed by atoms with Gasteiger partial charge < -0.3 is 5.32 Å². The van der Waals surface area contributed by atoms with E-state index in [0.717, 1.165) is 18.2 Å². The number of benzene rings is 2. The van der Waals surface area contributed by atoms with Gasteiger partial charge in [-0.3, -0.25) is 4.79 Å². The van der Waals surface area contributed by atoms with Gasteiger partial charge in [0.05, 0.1) is 26.2 Å². The lowest BCUT2D eigenvalue weighted by Gasteiger charge is -2.19. The van der Waals surface area contributed by atoms with Crippen LogP contribution in [0.3, 0.4) is 0 Å². The quantitative estimate of drug-likeness (QED) is 0.170. The maximum Gasteiger partial charge on any atom is 0.417 e. The molecule has 38 heavy (non-hydrogen) atoms. The van der Waals surface area contributed by atoms with Crippen LogP contribution >= 0.6 is 46.4 Å². The molecular weight excluding hydrogens is 607 g/mol. The van der Waals surface area contributed by atoms with Crippen molar-refractivity contribution in [3.8, 4) is 0 Å².